The molecule has 0 spiro atoms. The monoisotopic (exact) mass is 374 g/mol. The summed E-state index contributed by atoms with van der Waals surface area (Å²) in [5.74, 6) is 0. The van der Waals surface area contributed by atoms with Crippen LogP contribution in [0.25, 0.3) is 0 Å². The molecule has 0 saturated heterocycles. The lowest BCUT2D eigenvalue weighted by Gasteiger charge is -2.27. The molecule has 0 heterocycles. The lowest BCUT2D eigenvalue weighted by Crippen LogP contribution is -2.34. The number of thiocarbonyl (C=S) groups is 1. The molecule has 0 aromatic heterocycles. The summed E-state index contributed by atoms with van der Waals surface area (Å²) in [5.41, 5.74) is 6.21. The Morgan fingerprint density at radius 3 is 1.89 bits per heavy atom. The Kier molecular flexibility index (Phi) is 6.61. The minimum Gasteiger partial charge on any atom is -0.340 e. The predicted molar refractivity (Wildman–Crippen MR) is 119 cm³/mol. The third-order valence-electron chi connectivity index (χ3n) is 4.73. The normalized spacial score (nSPS) is 10.4. The Bertz CT molecular complexity index is 834. The van der Waals surface area contributed by atoms with E-state index >= 15 is 0 Å². The van der Waals surface area contributed by atoms with E-state index in [0.29, 0.717) is 0 Å². The Morgan fingerprint density at radius 1 is 0.815 bits per heavy atom. The molecule has 0 bridgehead atoms. The van der Waals surface area contributed by atoms with Gasteiger partial charge in [-0.2, -0.15) is 0 Å². The average molecular weight is 375 g/mol. The maximum Gasteiger partial charge on any atom is 0.174 e. The molecule has 0 fully saturated rings. The Morgan fingerprint density at radius 2 is 1.37 bits per heavy atom. The van der Waals surface area contributed by atoms with E-state index in [1.165, 1.54) is 22.3 Å². The van der Waals surface area contributed by atoms with Gasteiger partial charge >= 0.3 is 0 Å². The topological polar surface area (TPSA) is 15.3 Å². The SMILES string of the molecule is CCc1c(C)cccc1NC(=S)N(Cc1ccccc1)Cc1ccccc1. The summed E-state index contributed by atoms with van der Waals surface area (Å²) in [7, 11) is 0. The van der Waals surface area contributed by atoms with E-state index in [1.807, 2.05) is 12.1 Å². The van der Waals surface area contributed by atoms with Gasteiger partial charge in [-0.05, 0) is 53.9 Å². The largest absolute Gasteiger partial charge is 0.340 e. The van der Waals surface area contributed by atoms with Crippen LogP contribution in [0.2, 0.25) is 0 Å². The zero-order valence-corrected chi connectivity index (χ0v) is 16.8. The fourth-order valence-electron chi connectivity index (χ4n) is 3.29. The Hall–Kier alpha value is -2.65. The van der Waals surface area contributed by atoms with Gasteiger partial charge in [-0.15, -0.1) is 0 Å². The van der Waals surface area contributed by atoms with Gasteiger partial charge in [0.05, 0.1) is 0 Å². The van der Waals surface area contributed by atoms with Crippen molar-refractivity contribution in [3.05, 3.63) is 101 Å². The molecule has 0 amide bonds. The number of anilines is 1. The average Bonchev–Trinajstić information content (AvgIpc) is 2.69. The highest BCUT2D eigenvalue weighted by Gasteiger charge is 2.13. The number of rotatable bonds is 6. The van der Waals surface area contributed by atoms with Gasteiger partial charge in [0.2, 0.25) is 0 Å². The molecule has 3 aromatic rings. The summed E-state index contributed by atoms with van der Waals surface area (Å²) in [5, 5.41) is 4.25. The first-order valence-corrected chi connectivity index (χ1v) is 9.80. The quantitative estimate of drug-likeness (QED) is 0.536. The lowest BCUT2D eigenvalue weighted by atomic mass is 10.0. The first kappa shape index (κ1) is 19.1. The summed E-state index contributed by atoms with van der Waals surface area (Å²) in [6, 6.07) is 27.3. The first-order valence-electron chi connectivity index (χ1n) is 9.39. The minimum atomic E-state index is 0.753. The van der Waals surface area contributed by atoms with Crippen LogP contribution in [0.3, 0.4) is 0 Å². The van der Waals surface area contributed by atoms with E-state index in [2.05, 4.69) is 90.8 Å². The molecule has 3 aromatic carbocycles. The molecule has 138 valence electrons. The molecule has 0 aliphatic carbocycles. The second-order valence-corrected chi connectivity index (χ2v) is 7.10. The second kappa shape index (κ2) is 9.33. The third kappa shape index (κ3) is 5.18. The number of aryl methyl sites for hydroxylation is 1. The smallest absolute Gasteiger partial charge is 0.174 e. The van der Waals surface area contributed by atoms with E-state index in [1.54, 1.807) is 0 Å². The van der Waals surface area contributed by atoms with Crippen molar-refractivity contribution in [3.8, 4) is 0 Å². The molecule has 27 heavy (non-hydrogen) atoms. The highest BCUT2D eigenvalue weighted by Crippen LogP contribution is 2.21. The highest BCUT2D eigenvalue weighted by atomic mass is 32.1. The summed E-state index contributed by atoms with van der Waals surface area (Å²) in [6.07, 6.45) is 0.981. The second-order valence-electron chi connectivity index (χ2n) is 6.71. The highest BCUT2D eigenvalue weighted by molar-refractivity contribution is 7.80. The number of benzene rings is 3. The van der Waals surface area contributed by atoms with Crippen molar-refractivity contribution in [2.45, 2.75) is 33.4 Å². The molecule has 2 nitrogen and oxygen atoms in total. The van der Waals surface area contributed by atoms with Crippen molar-refractivity contribution in [1.82, 2.24) is 4.90 Å². The molecular formula is C24H26N2S. The zero-order chi connectivity index (χ0) is 19.1. The standard InChI is InChI=1S/C24H26N2S/c1-3-22-19(2)11-10-16-23(22)25-24(27)26(17-20-12-6-4-7-13-20)18-21-14-8-5-9-15-21/h4-16H,3,17-18H2,1-2H3,(H,25,27). The van der Waals surface area contributed by atoms with Crippen LogP contribution >= 0.6 is 12.2 Å². The van der Waals surface area contributed by atoms with Crippen LogP contribution in [0.15, 0.2) is 78.9 Å². The van der Waals surface area contributed by atoms with E-state index in [0.717, 1.165) is 30.3 Å². The minimum absolute atomic E-state index is 0.753. The van der Waals surface area contributed by atoms with Gasteiger partial charge in [0.25, 0.3) is 0 Å². The molecule has 0 aliphatic rings. The predicted octanol–water partition coefficient (Wildman–Crippen LogP) is 5.96. The van der Waals surface area contributed by atoms with Crippen LogP contribution in [0.1, 0.15) is 29.2 Å². The molecule has 0 radical (unpaired) electrons. The van der Waals surface area contributed by atoms with Crippen LogP contribution in [-0.4, -0.2) is 10.0 Å². The maximum absolute atomic E-state index is 5.82. The number of nitrogens with zero attached hydrogens (tertiary/aromatic N) is 1. The molecule has 0 saturated carbocycles. The van der Waals surface area contributed by atoms with Crippen LogP contribution in [-0.2, 0) is 19.5 Å². The third-order valence-corrected chi connectivity index (χ3v) is 5.09. The van der Waals surface area contributed by atoms with E-state index in [-0.39, 0.29) is 0 Å². The Balaban J connectivity index is 1.83. The van der Waals surface area contributed by atoms with Crippen LogP contribution in [0.4, 0.5) is 5.69 Å². The molecular weight excluding hydrogens is 348 g/mol. The molecule has 3 heteroatoms. The number of nitrogens with one attached hydrogen (secondary N) is 1. The van der Waals surface area contributed by atoms with E-state index < -0.39 is 0 Å². The van der Waals surface area contributed by atoms with Gasteiger partial charge < -0.3 is 10.2 Å². The van der Waals surface area contributed by atoms with E-state index in [9.17, 15) is 0 Å². The molecule has 0 unspecified atom stereocenters. The fraction of sp³-hybridized carbons (Fsp3) is 0.208. The molecule has 0 aliphatic heterocycles. The molecule has 1 N–H and O–H groups in total. The van der Waals surface area contributed by atoms with Gasteiger partial charge in [0, 0.05) is 18.8 Å². The summed E-state index contributed by atoms with van der Waals surface area (Å²) in [4.78, 5) is 2.22. The van der Waals surface area contributed by atoms with Crippen molar-refractivity contribution in [1.29, 1.82) is 0 Å². The van der Waals surface area contributed by atoms with Crippen molar-refractivity contribution in [2.75, 3.05) is 5.32 Å². The summed E-state index contributed by atoms with van der Waals surface area (Å²) in [6.45, 7) is 5.88. The number of hydrogen-bond acceptors (Lipinski definition) is 1. The van der Waals surface area contributed by atoms with E-state index in [4.69, 9.17) is 12.2 Å². The fourth-order valence-corrected chi connectivity index (χ4v) is 3.53. The number of hydrogen-bond donors (Lipinski definition) is 1. The van der Waals surface area contributed by atoms with Crippen LogP contribution in [0.5, 0.6) is 0 Å². The van der Waals surface area contributed by atoms with Crippen molar-refractivity contribution < 1.29 is 0 Å². The van der Waals surface area contributed by atoms with Crippen LogP contribution in [0, 0.1) is 6.92 Å². The summed E-state index contributed by atoms with van der Waals surface area (Å²) >= 11 is 5.82. The Labute approximate surface area is 167 Å². The lowest BCUT2D eigenvalue weighted by molar-refractivity contribution is 0.413. The van der Waals surface area contributed by atoms with Gasteiger partial charge in [-0.1, -0.05) is 79.7 Å². The molecule has 0 atom stereocenters. The zero-order valence-electron chi connectivity index (χ0n) is 16.0. The van der Waals surface area contributed by atoms with Gasteiger partial charge in [-0.25, -0.2) is 0 Å². The first-order chi connectivity index (χ1) is 13.2. The van der Waals surface area contributed by atoms with Gasteiger partial charge in [0.1, 0.15) is 0 Å². The van der Waals surface area contributed by atoms with Crippen molar-refractivity contribution in [3.63, 3.8) is 0 Å². The van der Waals surface area contributed by atoms with Crippen LogP contribution < -0.4 is 5.32 Å². The van der Waals surface area contributed by atoms with Gasteiger partial charge in [0.15, 0.2) is 5.11 Å². The summed E-state index contributed by atoms with van der Waals surface area (Å²) < 4.78 is 0. The van der Waals surface area contributed by atoms with Crippen molar-refractivity contribution >= 4 is 23.0 Å². The van der Waals surface area contributed by atoms with Gasteiger partial charge in [-0.3, -0.25) is 0 Å². The maximum atomic E-state index is 5.82. The van der Waals surface area contributed by atoms with Crippen molar-refractivity contribution in [2.24, 2.45) is 0 Å². The molecule has 3 rings (SSSR count).